The van der Waals surface area contributed by atoms with Crippen LogP contribution in [0.15, 0.2) is 44.8 Å². The maximum Gasteiger partial charge on any atom is 0.233 e. The lowest BCUT2D eigenvalue weighted by Gasteiger charge is -2.21. The van der Waals surface area contributed by atoms with Crippen LogP contribution in [0.25, 0.3) is 0 Å². The number of thioether (sulfide) groups is 1. The van der Waals surface area contributed by atoms with Crippen LogP contribution in [0, 0.1) is 0 Å². The van der Waals surface area contributed by atoms with E-state index in [0.717, 1.165) is 42.4 Å². The first-order valence-corrected chi connectivity index (χ1v) is 11.6. The molecule has 0 N–H and O–H groups in total. The van der Waals surface area contributed by atoms with Crippen LogP contribution in [-0.4, -0.2) is 37.4 Å². The zero-order valence-corrected chi connectivity index (χ0v) is 17.1. The van der Waals surface area contributed by atoms with E-state index in [1.54, 1.807) is 17.6 Å². The molecule has 0 aliphatic heterocycles. The van der Waals surface area contributed by atoms with E-state index in [1.807, 2.05) is 17.0 Å². The summed E-state index contributed by atoms with van der Waals surface area (Å²) in [5.41, 5.74) is 1.22. The van der Waals surface area contributed by atoms with Gasteiger partial charge in [-0.25, -0.2) is 0 Å². The minimum atomic E-state index is 0.180. The molecule has 0 radical (unpaired) electrons. The molecule has 2 aliphatic carbocycles. The second-order valence-electron chi connectivity index (χ2n) is 7.45. The third-order valence-electron chi connectivity index (χ3n) is 5.15. The summed E-state index contributed by atoms with van der Waals surface area (Å²) >= 11 is 3.17. The molecule has 6 nitrogen and oxygen atoms in total. The number of aromatic nitrogens is 3. The Kier molecular flexibility index (Phi) is 4.98. The molecule has 8 heteroatoms. The van der Waals surface area contributed by atoms with Gasteiger partial charge in [-0.05, 0) is 60.2 Å². The van der Waals surface area contributed by atoms with Crippen LogP contribution in [0.5, 0.6) is 0 Å². The molecule has 2 fully saturated rings. The number of rotatable bonds is 9. The highest BCUT2D eigenvalue weighted by Crippen LogP contribution is 2.40. The molecular weight excluding hydrogens is 392 g/mol. The van der Waals surface area contributed by atoms with Gasteiger partial charge < -0.3 is 9.32 Å². The van der Waals surface area contributed by atoms with Crippen molar-refractivity contribution in [3.05, 3.63) is 52.4 Å². The van der Waals surface area contributed by atoms with Gasteiger partial charge in [0.15, 0.2) is 5.16 Å². The van der Waals surface area contributed by atoms with Crippen LogP contribution in [0.4, 0.5) is 0 Å². The summed E-state index contributed by atoms with van der Waals surface area (Å²) < 4.78 is 7.64. The Labute approximate surface area is 171 Å². The van der Waals surface area contributed by atoms with E-state index >= 15 is 0 Å². The Hall–Kier alpha value is -2.06. The number of amides is 1. The lowest BCUT2D eigenvalue weighted by atomic mass is 10.3. The first-order valence-electron chi connectivity index (χ1n) is 9.67. The van der Waals surface area contributed by atoms with Crippen molar-refractivity contribution in [3.63, 3.8) is 0 Å². The topological polar surface area (TPSA) is 64.2 Å². The van der Waals surface area contributed by atoms with Gasteiger partial charge in [0.2, 0.25) is 5.91 Å². The molecule has 2 aliphatic rings. The van der Waals surface area contributed by atoms with Crippen LogP contribution >= 0.6 is 23.1 Å². The standard InChI is InChI=1S/C20H22N4O2S2/c25-18(23(16-5-6-16)10-14-7-9-27-12-14)13-28-20-22-21-19(15-3-4-15)24(20)11-17-2-1-8-26-17/h1-2,7-9,12,15-16H,3-6,10-11,13H2. The lowest BCUT2D eigenvalue weighted by Crippen LogP contribution is -2.33. The van der Waals surface area contributed by atoms with Gasteiger partial charge in [0, 0.05) is 18.5 Å². The smallest absolute Gasteiger partial charge is 0.233 e. The van der Waals surface area contributed by atoms with Crippen molar-refractivity contribution in [1.29, 1.82) is 0 Å². The Morgan fingerprint density at radius 1 is 1.29 bits per heavy atom. The summed E-state index contributed by atoms with van der Waals surface area (Å²) in [5, 5.41) is 13.8. The number of hydrogen-bond donors (Lipinski definition) is 0. The molecule has 0 saturated heterocycles. The first-order chi connectivity index (χ1) is 13.8. The number of thiophene rings is 1. The molecule has 0 unspecified atom stereocenters. The number of carbonyl (C=O) groups excluding carboxylic acids is 1. The Morgan fingerprint density at radius 2 is 2.18 bits per heavy atom. The highest BCUT2D eigenvalue weighted by atomic mass is 32.2. The predicted octanol–water partition coefficient (Wildman–Crippen LogP) is 4.14. The van der Waals surface area contributed by atoms with E-state index in [1.165, 1.54) is 17.3 Å². The van der Waals surface area contributed by atoms with Gasteiger partial charge >= 0.3 is 0 Å². The molecule has 0 atom stereocenters. The maximum absolute atomic E-state index is 12.9. The van der Waals surface area contributed by atoms with Crippen LogP contribution in [-0.2, 0) is 17.9 Å². The average Bonchev–Trinajstić information content (AvgIpc) is 3.57. The van der Waals surface area contributed by atoms with Gasteiger partial charge in [0.05, 0.1) is 18.6 Å². The fourth-order valence-corrected chi connectivity index (χ4v) is 4.84. The van der Waals surface area contributed by atoms with Crippen molar-refractivity contribution in [3.8, 4) is 0 Å². The third-order valence-corrected chi connectivity index (χ3v) is 6.83. The van der Waals surface area contributed by atoms with Gasteiger partial charge in [-0.2, -0.15) is 11.3 Å². The van der Waals surface area contributed by atoms with Gasteiger partial charge in [0.1, 0.15) is 11.6 Å². The van der Waals surface area contributed by atoms with Crippen LogP contribution in [0.3, 0.4) is 0 Å². The SMILES string of the molecule is O=C(CSc1nnc(C2CC2)n1Cc1ccco1)N(Cc1ccsc1)C1CC1. The van der Waals surface area contributed by atoms with E-state index < -0.39 is 0 Å². The quantitative estimate of drug-likeness (QED) is 0.492. The number of furan rings is 1. The lowest BCUT2D eigenvalue weighted by molar-refractivity contribution is -0.129. The molecule has 1 amide bonds. The third kappa shape index (κ3) is 4.03. The van der Waals surface area contributed by atoms with Crippen molar-refractivity contribution < 1.29 is 9.21 Å². The summed E-state index contributed by atoms with van der Waals surface area (Å²) in [6.07, 6.45) is 6.23. The van der Waals surface area contributed by atoms with E-state index in [2.05, 4.69) is 31.6 Å². The van der Waals surface area contributed by atoms with Gasteiger partial charge in [-0.3, -0.25) is 9.36 Å². The van der Waals surface area contributed by atoms with E-state index in [4.69, 9.17) is 4.42 Å². The number of hydrogen-bond acceptors (Lipinski definition) is 6. The van der Waals surface area contributed by atoms with E-state index in [-0.39, 0.29) is 5.91 Å². The first kappa shape index (κ1) is 18.0. The summed E-state index contributed by atoms with van der Waals surface area (Å²) in [5.74, 6) is 2.96. The van der Waals surface area contributed by atoms with Crippen molar-refractivity contribution in [2.75, 3.05) is 5.75 Å². The second kappa shape index (κ2) is 7.75. The molecule has 0 aromatic carbocycles. The molecule has 3 heterocycles. The highest BCUT2D eigenvalue weighted by Gasteiger charge is 2.34. The Balaban J connectivity index is 1.28. The minimum absolute atomic E-state index is 0.180. The van der Waals surface area contributed by atoms with Crippen LogP contribution in [0.2, 0.25) is 0 Å². The molecule has 3 aromatic heterocycles. The van der Waals surface area contributed by atoms with E-state index in [0.29, 0.717) is 30.8 Å². The minimum Gasteiger partial charge on any atom is -0.467 e. The average molecular weight is 415 g/mol. The molecule has 3 aromatic rings. The summed E-state index contributed by atoms with van der Waals surface area (Å²) in [4.78, 5) is 15.0. The van der Waals surface area contributed by atoms with E-state index in [9.17, 15) is 4.79 Å². The molecule has 5 rings (SSSR count). The van der Waals surface area contributed by atoms with Gasteiger partial charge in [-0.1, -0.05) is 11.8 Å². The highest BCUT2D eigenvalue weighted by molar-refractivity contribution is 7.99. The Bertz CT molecular complexity index is 928. The fraction of sp³-hybridized carbons (Fsp3) is 0.450. The summed E-state index contributed by atoms with van der Waals surface area (Å²) in [7, 11) is 0. The summed E-state index contributed by atoms with van der Waals surface area (Å²) in [6, 6.07) is 6.36. The summed E-state index contributed by atoms with van der Waals surface area (Å²) in [6.45, 7) is 1.32. The molecule has 0 spiro atoms. The zero-order chi connectivity index (χ0) is 18.9. The van der Waals surface area contributed by atoms with Crippen LogP contribution < -0.4 is 0 Å². The van der Waals surface area contributed by atoms with Gasteiger partial charge in [-0.15, -0.1) is 10.2 Å². The molecule has 2 saturated carbocycles. The molecule has 146 valence electrons. The Morgan fingerprint density at radius 3 is 2.86 bits per heavy atom. The largest absolute Gasteiger partial charge is 0.467 e. The second-order valence-corrected chi connectivity index (χ2v) is 9.18. The van der Waals surface area contributed by atoms with Crippen molar-refractivity contribution in [2.24, 2.45) is 0 Å². The maximum atomic E-state index is 12.9. The number of carbonyl (C=O) groups is 1. The number of nitrogens with zero attached hydrogens (tertiary/aromatic N) is 4. The molecular formula is C20H22N4O2S2. The predicted molar refractivity (Wildman–Crippen MR) is 108 cm³/mol. The normalized spacial score (nSPS) is 16.4. The molecule has 0 bridgehead atoms. The van der Waals surface area contributed by atoms with Gasteiger partial charge in [0.25, 0.3) is 0 Å². The van der Waals surface area contributed by atoms with Crippen LogP contribution in [0.1, 0.15) is 48.7 Å². The van der Waals surface area contributed by atoms with Crippen molar-refractivity contribution in [2.45, 2.75) is 55.9 Å². The van der Waals surface area contributed by atoms with Crippen molar-refractivity contribution >= 4 is 29.0 Å². The molecule has 28 heavy (non-hydrogen) atoms. The van der Waals surface area contributed by atoms with Crippen molar-refractivity contribution in [1.82, 2.24) is 19.7 Å². The monoisotopic (exact) mass is 414 g/mol. The zero-order valence-electron chi connectivity index (χ0n) is 15.5. The fourth-order valence-electron chi connectivity index (χ4n) is 3.35.